The third-order valence-corrected chi connectivity index (χ3v) is 5.31. The first-order valence-corrected chi connectivity index (χ1v) is 11.0. The normalized spacial score (nSPS) is 12.0. The Morgan fingerprint density at radius 2 is 1.93 bits per heavy atom. The molecule has 0 unspecified atom stereocenters. The third kappa shape index (κ3) is 7.94. The van der Waals surface area contributed by atoms with Crippen LogP contribution in [0.1, 0.15) is 56.5 Å². The van der Waals surface area contributed by atoms with E-state index >= 15 is 0 Å². The van der Waals surface area contributed by atoms with Crippen molar-refractivity contribution in [2.24, 2.45) is 10.1 Å². The molecular formula is C19H30IN5O3S. The van der Waals surface area contributed by atoms with Crippen LogP contribution in [0.4, 0.5) is 0 Å². The summed E-state index contributed by atoms with van der Waals surface area (Å²) in [6, 6.07) is 8.43. The van der Waals surface area contributed by atoms with Crippen LogP contribution >= 0.6 is 24.0 Å². The van der Waals surface area contributed by atoms with Gasteiger partial charge in [0.25, 0.3) is 0 Å². The van der Waals surface area contributed by atoms with Gasteiger partial charge in [-0.15, -0.1) is 24.0 Å². The number of hydrogen-bond acceptors (Lipinski definition) is 5. The molecule has 0 radical (unpaired) electrons. The number of halogens is 1. The van der Waals surface area contributed by atoms with Crippen molar-refractivity contribution in [1.82, 2.24) is 15.8 Å². The van der Waals surface area contributed by atoms with Crippen molar-refractivity contribution in [3.63, 3.8) is 0 Å². The first kappa shape index (κ1) is 25.4. The first-order valence-electron chi connectivity index (χ1n) is 9.46. The second-order valence-corrected chi connectivity index (χ2v) is 8.03. The van der Waals surface area contributed by atoms with E-state index in [1.54, 1.807) is 12.1 Å². The van der Waals surface area contributed by atoms with E-state index in [9.17, 15) is 8.42 Å². The molecule has 0 spiro atoms. The molecule has 0 atom stereocenters. The first-order chi connectivity index (χ1) is 13.4. The summed E-state index contributed by atoms with van der Waals surface area (Å²) in [6.45, 7) is 7.71. The van der Waals surface area contributed by atoms with E-state index in [0.717, 1.165) is 29.9 Å². The molecule has 0 saturated heterocycles. The molecule has 8 nitrogen and oxygen atoms in total. The monoisotopic (exact) mass is 535 g/mol. The summed E-state index contributed by atoms with van der Waals surface area (Å²) >= 11 is 0. The molecule has 0 aliphatic rings. The average Bonchev–Trinajstić information content (AvgIpc) is 3.13. The molecule has 2 rings (SSSR count). The molecule has 0 aliphatic carbocycles. The van der Waals surface area contributed by atoms with Crippen LogP contribution in [0.5, 0.6) is 0 Å². The van der Waals surface area contributed by atoms with Gasteiger partial charge in [0, 0.05) is 18.5 Å². The fourth-order valence-electron chi connectivity index (χ4n) is 2.82. The van der Waals surface area contributed by atoms with E-state index < -0.39 is 10.0 Å². The molecule has 2 aromatic rings. The van der Waals surface area contributed by atoms with E-state index in [1.807, 2.05) is 13.0 Å². The number of hydrogen-bond donors (Lipinski definition) is 3. The summed E-state index contributed by atoms with van der Waals surface area (Å²) in [5.41, 5.74) is 1.72. The number of rotatable bonds is 9. The van der Waals surface area contributed by atoms with E-state index in [-0.39, 0.29) is 28.9 Å². The topological polar surface area (TPSA) is 123 Å². The molecule has 4 N–H and O–H groups in total. The Kier molecular flexibility index (Phi) is 10.6. The lowest BCUT2D eigenvalue weighted by molar-refractivity contribution is 0.368. The number of nitrogens with one attached hydrogen (secondary N) is 2. The van der Waals surface area contributed by atoms with Gasteiger partial charge >= 0.3 is 0 Å². The second kappa shape index (κ2) is 12.1. The van der Waals surface area contributed by atoms with Crippen LogP contribution in [0.15, 0.2) is 44.7 Å². The Labute approximate surface area is 189 Å². The molecule has 10 heteroatoms. The highest BCUT2D eigenvalue weighted by Gasteiger charge is 2.13. The summed E-state index contributed by atoms with van der Waals surface area (Å²) in [5.74, 6) is 1.75. The molecule has 0 saturated carbocycles. The standard InChI is InChI=1S/C19H29N5O3S.HI/c1-4-15(5-2)18-11-16(27-24-18)13-23-19(21-6-3)22-12-14-8-7-9-17(10-14)28(20,25)26;/h7-11,15H,4-6,12-13H2,1-3H3,(H2,20,25,26)(H2,21,22,23);1H. The van der Waals surface area contributed by atoms with Crippen molar-refractivity contribution in [1.29, 1.82) is 0 Å². The summed E-state index contributed by atoms with van der Waals surface area (Å²) in [7, 11) is -3.73. The molecule has 0 aliphatic heterocycles. The van der Waals surface area contributed by atoms with Crippen LogP contribution in [-0.4, -0.2) is 26.1 Å². The maximum Gasteiger partial charge on any atom is 0.238 e. The van der Waals surface area contributed by atoms with Gasteiger partial charge < -0.3 is 15.2 Å². The van der Waals surface area contributed by atoms with Gasteiger partial charge in [0.15, 0.2) is 11.7 Å². The maximum atomic E-state index is 11.5. The van der Waals surface area contributed by atoms with Crippen LogP contribution in [0, 0.1) is 0 Å². The molecule has 0 amide bonds. The lowest BCUT2D eigenvalue weighted by atomic mass is 9.99. The Hall–Kier alpha value is -1.66. The second-order valence-electron chi connectivity index (χ2n) is 6.47. The summed E-state index contributed by atoms with van der Waals surface area (Å²) in [4.78, 5) is 4.57. The van der Waals surface area contributed by atoms with E-state index in [0.29, 0.717) is 31.5 Å². The maximum absolute atomic E-state index is 11.5. The highest BCUT2D eigenvalue weighted by Crippen LogP contribution is 2.22. The number of aromatic nitrogens is 1. The fourth-order valence-corrected chi connectivity index (χ4v) is 3.40. The Morgan fingerprint density at radius 1 is 1.21 bits per heavy atom. The molecular weight excluding hydrogens is 505 g/mol. The molecule has 1 heterocycles. The SMILES string of the molecule is CCNC(=NCc1cccc(S(N)(=O)=O)c1)NCc1cc(C(CC)CC)no1.I. The number of aliphatic imine (C=N–C) groups is 1. The zero-order valence-corrected chi connectivity index (χ0v) is 20.2. The quantitative estimate of drug-likeness (QED) is 0.258. The number of benzene rings is 1. The Morgan fingerprint density at radius 3 is 2.55 bits per heavy atom. The molecule has 0 bridgehead atoms. The summed E-state index contributed by atoms with van der Waals surface area (Å²) < 4.78 is 28.4. The number of nitrogens with zero attached hydrogens (tertiary/aromatic N) is 2. The van der Waals surface area contributed by atoms with Crippen molar-refractivity contribution in [3.8, 4) is 0 Å². The van der Waals surface area contributed by atoms with Crippen LogP contribution in [-0.2, 0) is 23.1 Å². The van der Waals surface area contributed by atoms with Gasteiger partial charge in [0.2, 0.25) is 10.0 Å². The highest BCUT2D eigenvalue weighted by atomic mass is 127. The minimum atomic E-state index is -3.73. The summed E-state index contributed by atoms with van der Waals surface area (Å²) in [6.07, 6.45) is 2.05. The van der Waals surface area contributed by atoms with Crippen LogP contribution in [0.2, 0.25) is 0 Å². The Balaban J connectivity index is 0.00000420. The van der Waals surface area contributed by atoms with Crippen molar-refractivity contribution in [2.45, 2.75) is 57.5 Å². The molecule has 29 heavy (non-hydrogen) atoms. The van der Waals surface area contributed by atoms with E-state index in [4.69, 9.17) is 9.66 Å². The zero-order chi connectivity index (χ0) is 20.6. The van der Waals surface area contributed by atoms with Crippen LogP contribution in [0.25, 0.3) is 0 Å². The Bertz CT molecular complexity index is 895. The molecule has 0 fully saturated rings. The predicted octanol–water partition coefficient (Wildman–Crippen LogP) is 3.10. The van der Waals surface area contributed by atoms with Gasteiger partial charge in [-0.1, -0.05) is 31.1 Å². The van der Waals surface area contributed by atoms with Crippen molar-refractivity contribution in [3.05, 3.63) is 47.3 Å². The number of nitrogens with two attached hydrogens (primary N) is 1. The molecule has 162 valence electrons. The van der Waals surface area contributed by atoms with E-state index in [2.05, 4.69) is 34.6 Å². The largest absolute Gasteiger partial charge is 0.359 e. The van der Waals surface area contributed by atoms with Crippen LogP contribution in [0.3, 0.4) is 0 Å². The summed E-state index contributed by atoms with van der Waals surface area (Å²) in [5, 5.41) is 15.7. The fraction of sp³-hybridized carbons (Fsp3) is 0.474. The average molecular weight is 535 g/mol. The lowest BCUT2D eigenvalue weighted by Gasteiger charge is -2.10. The predicted molar refractivity (Wildman–Crippen MR) is 125 cm³/mol. The zero-order valence-electron chi connectivity index (χ0n) is 17.0. The number of guanidine groups is 1. The lowest BCUT2D eigenvalue weighted by Crippen LogP contribution is -2.36. The highest BCUT2D eigenvalue weighted by molar-refractivity contribution is 14.0. The number of sulfonamides is 1. The molecule has 1 aromatic heterocycles. The van der Waals surface area contributed by atoms with Crippen LogP contribution < -0.4 is 15.8 Å². The smallest absolute Gasteiger partial charge is 0.238 e. The van der Waals surface area contributed by atoms with Crippen molar-refractivity contribution < 1.29 is 12.9 Å². The van der Waals surface area contributed by atoms with Gasteiger partial charge in [-0.05, 0) is 37.5 Å². The van der Waals surface area contributed by atoms with Gasteiger partial charge in [0.1, 0.15) is 0 Å². The van der Waals surface area contributed by atoms with Gasteiger partial charge in [-0.2, -0.15) is 0 Å². The van der Waals surface area contributed by atoms with Gasteiger partial charge in [-0.25, -0.2) is 18.5 Å². The van der Waals surface area contributed by atoms with Gasteiger partial charge in [-0.3, -0.25) is 0 Å². The van der Waals surface area contributed by atoms with Crippen molar-refractivity contribution in [2.75, 3.05) is 6.54 Å². The van der Waals surface area contributed by atoms with Gasteiger partial charge in [0.05, 0.1) is 23.7 Å². The third-order valence-electron chi connectivity index (χ3n) is 4.40. The minimum Gasteiger partial charge on any atom is -0.359 e. The van der Waals surface area contributed by atoms with E-state index in [1.165, 1.54) is 12.1 Å². The van der Waals surface area contributed by atoms with Crippen molar-refractivity contribution >= 4 is 40.0 Å². The number of primary sulfonamides is 1. The molecule has 1 aromatic carbocycles. The minimum absolute atomic E-state index is 0.